The molecule has 0 spiro atoms. The van der Waals surface area contributed by atoms with Gasteiger partial charge in [-0.25, -0.2) is 18.7 Å². The Labute approximate surface area is 302 Å². The van der Waals surface area contributed by atoms with Crippen LogP contribution in [0, 0.1) is 11.3 Å². The van der Waals surface area contributed by atoms with Crippen molar-refractivity contribution in [3.05, 3.63) is 100 Å². The largest absolute Gasteiger partial charge is 1.00 e. The van der Waals surface area contributed by atoms with Crippen molar-refractivity contribution in [2.45, 2.75) is 58.3 Å². The minimum atomic E-state index is -4.74. The third-order valence-corrected chi connectivity index (χ3v) is 7.45. The van der Waals surface area contributed by atoms with E-state index in [4.69, 9.17) is 9.47 Å². The maximum Gasteiger partial charge on any atom is 1.00 e. The molecule has 0 N–H and O–H groups in total. The fourth-order valence-corrected chi connectivity index (χ4v) is 4.99. The average molecular weight is 691 g/mol. The number of carbonyl (C=O) groups excluding carboxylic acids is 1. The molecule has 0 aliphatic heterocycles. The van der Waals surface area contributed by atoms with E-state index in [0.717, 1.165) is 24.6 Å². The summed E-state index contributed by atoms with van der Waals surface area (Å²) in [6.45, 7) is 4.15. The molecule has 0 saturated heterocycles. The van der Waals surface area contributed by atoms with E-state index in [1.165, 1.54) is 42.6 Å². The van der Waals surface area contributed by atoms with Crippen molar-refractivity contribution in [3.8, 4) is 28.7 Å². The fourth-order valence-electron chi connectivity index (χ4n) is 4.99. The molecule has 0 aliphatic rings. The van der Waals surface area contributed by atoms with E-state index < -0.39 is 23.6 Å². The van der Waals surface area contributed by atoms with Crippen LogP contribution in [0.15, 0.2) is 67.0 Å². The molecule has 0 aliphatic carbocycles. The third kappa shape index (κ3) is 10.4. The molecule has 0 radical (unpaired) electrons. The molecule has 0 amide bonds. The zero-order chi connectivity index (χ0) is 35.2. The molecule has 1 heterocycles. The summed E-state index contributed by atoms with van der Waals surface area (Å²) in [5.41, 5.74) is 1.05. The Morgan fingerprint density at radius 3 is 2.22 bits per heavy atom. The second-order valence-corrected chi connectivity index (χ2v) is 11.4. The molecule has 4 rings (SSSR count). The van der Waals surface area contributed by atoms with Gasteiger partial charge in [0.15, 0.2) is 5.75 Å². The minimum absolute atomic E-state index is 0. The van der Waals surface area contributed by atoms with Crippen LogP contribution in [0.3, 0.4) is 0 Å². The molecule has 1 aromatic heterocycles. The Bertz CT molecular complexity index is 1810. The zero-order valence-corrected chi connectivity index (χ0v) is 29.6. The summed E-state index contributed by atoms with van der Waals surface area (Å²) in [5.74, 6) is -3.80. The normalized spacial score (nSPS) is 11.4. The molecule has 0 fully saturated rings. The van der Waals surface area contributed by atoms with Gasteiger partial charge in [-0.15, -0.1) is 0 Å². The number of halogens is 5. The van der Waals surface area contributed by atoms with E-state index >= 15 is 0 Å². The van der Waals surface area contributed by atoms with Crippen LogP contribution in [0.1, 0.15) is 66.5 Å². The third-order valence-electron chi connectivity index (χ3n) is 7.45. The number of benzene rings is 3. The molecule has 0 bridgehead atoms. The Hall–Kier alpha value is -4.25. The number of nitrogens with zero attached hydrogens (tertiary/aromatic N) is 4. The Morgan fingerprint density at radius 1 is 0.959 bits per heavy atom. The molecular weight excluding hydrogens is 658 g/mol. The number of aromatic nitrogens is 2. The van der Waals surface area contributed by atoms with Crippen LogP contribution in [-0.2, 0) is 30.0 Å². The molecule has 49 heavy (non-hydrogen) atoms. The molecule has 3 aromatic carbocycles. The molecular formula is C35H32F5N4NaO4. The summed E-state index contributed by atoms with van der Waals surface area (Å²) >= 11 is 0. The predicted octanol–water partition coefficient (Wildman–Crippen LogP) is 4.01. The number of nitriles is 1. The van der Waals surface area contributed by atoms with E-state index in [0.29, 0.717) is 22.4 Å². The molecule has 14 heteroatoms. The SMILES string of the molecule is COc1ccc(C(C)C)cc1-c1ccc(C(C)(F)F)cc1CN(Cc1cc(C#N)cc(C(F)(F)F)c1)c1ncc(OCCC(=O)[O-])cn1.[Na+]. The number of hydrogen-bond acceptors (Lipinski definition) is 8. The number of aliphatic carboxylic acids is 1. The van der Waals surface area contributed by atoms with Gasteiger partial charge in [0.2, 0.25) is 5.95 Å². The number of methoxy groups -OCH3 is 1. The fraction of sp³-hybridized carbons (Fsp3) is 0.314. The summed E-state index contributed by atoms with van der Waals surface area (Å²) in [5, 5.41) is 20.2. The summed E-state index contributed by atoms with van der Waals surface area (Å²) in [4.78, 5) is 20.8. The van der Waals surface area contributed by atoms with Crippen LogP contribution in [0.4, 0.5) is 27.9 Å². The molecule has 0 atom stereocenters. The smallest absolute Gasteiger partial charge is 0.550 e. The van der Waals surface area contributed by atoms with E-state index in [-0.39, 0.29) is 90.0 Å². The number of rotatable bonds is 13. The molecule has 4 aromatic rings. The number of carboxylic acid groups (broad SMARTS) is 1. The first-order valence-corrected chi connectivity index (χ1v) is 14.8. The second kappa shape index (κ2) is 16.4. The number of alkyl halides is 5. The Balaban J connectivity index is 0.00000650. The van der Waals surface area contributed by atoms with Gasteiger partial charge >= 0.3 is 35.7 Å². The Kier molecular flexibility index (Phi) is 13.1. The van der Waals surface area contributed by atoms with Gasteiger partial charge in [0.05, 0.1) is 43.3 Å². The Morgan fingerprint density at radius 2 is 1.65 bits per heavy atom. The topological polar surface area (TPSA) is 111 Å². The van der Waals surface area contributed by atoms with E-state index in [2.05, 4.69) is 9.97 Å². The summed E-state index contributed by atoms with van der Waals surface area (Å²) < 4.78 is 81.6. The van der Waals surface area contributed by atoms with Gasteiger partial charge < -0.3 is 24.3 Å². The number of hydrogen-bond donors (Lipinski definition) is 0. The summed E-state index contributed by atoms with van der Waals surface area (Å²) in [6.07, 6.45) is -2.61. The first-order valence-electron chi connectivity index (χ1n) is 14.8. The molecule has 252 valence electrons. The quantitative estimate of drug-likeness (QED) is 0.153. The van der Waals surface area contributed by atoms with Gasteiger partial charge in [-0.3, -0.25) is 0 Å². The van der Waals surface area contributed by atoms with E-state index in [9.17, 15) is 37.1 Å². The maximum atomic E-state index is 14.7. The summed E-state index contributed by atoms with van der Waals surface area (Å²) in [6, 6.07) is 14.5. The van der Waals surface area contributed by atoms with Crippen LogP contribution in [0.2, 0.25) is 0 Å². The van der Waals surface area contributed by atoms with Gasteiger partial charge in [-0.2, -0.15) is 18.4 Å². The van der Waals surface area contributed by atoms with E-state index in [1.807, 2.05) is 26.0 Å². The molecule has 8 nitrogen and oxygen atoms in total. The first-order chi connectivity index (χ1) is 22.6. The van der Waals surface area contributed by atoms with Gasteiger partial charge in [0, 0.05) is 43.5 Å². The monoisotopic (exact) mass is 690 g/mol. The van der Waals surface area contributed by atoms with Crippen LogP contribution in [0.5, 0.6) is 11.5 Å². The van der Waals surface area contributed by atoms with Crippen LogP contribution in [0.25, 0.3) is 11.1 Å². The van der Waals surface area contributed by atoms with Crippen LogP contribution in [-0.4, -0.2) is 29.7 Å². The van der Waals surface area contributed by atoms with Gasteiger partial charge in [0.25, 0.3) is 5.92 Å². The van der Waals surface area contributed by atoms with Crippen molar-refractivity contribution < 1.29 is 70.9 Å². The van der Waals surface area contributed by atoms with Crippen molar-refractivity contribution in [2.75, 3.05) is 18.6 Å². The maximum absolute atomic E-state index is 14.7. The van der Waals surface area contributed by atoms with Crippen molar-refractivity contribution in [1.29, 1.82) is 5.26 Å². The molecule has 0 unspecified atom stereocenters. The van der Waals surface area contributed by atoms with Gasteiger partial charge in [0.1, 0.15) is 5.75 Å². The summed E-state index contributed by atoms with van der Waals surface area (Å²) in [7, 11) is 1.49. The van der Waals surface area contributed by atoms with Crippen LogP contribution < -0.4 is 49.0 Å². The number of ether oxygens (including phenoxy) is 2. The first kappa shape index (κ1) is 39.2. The van der Waals surface area contributed by atoms with Gasteiger partial charge in [-0.05, 0) is 64.6 Å². The minimum Gasteiger partial charge on any atom is -0.550 e. The number of anilines is 1. The zero-order valence-electron chi connectivity index (χ0n) is 27.6. The second-order valence-electron chi connectivity index (χ2n) is 11.4. The van der Waals surface area contributed by atoms with E-state index in [1.54, 1.807) is 18.2 Å². The average Bonchev–Trinajstić information content (AvgIpc) is 3.03. The van der Waals surface area contributed by atoms with Crippen molar-refractivity contribution in [1.82, 2.24) is 9.97 Å². The van der Waals surface area contributed by atoms with Crippen molar-refractivity contribution in [2.24, 2.45) is 0 Å². The van der Waals surface area contributed by atoms with Crippen LogP contribution >= 0.6 is 0 Å². The van der Waals surface area contributed by atoms with Gasteiger partial charge in [-0.1, -0.05) is 32.0 Å². The number of carbonyl (C=O) groups is 1. The van der Waals surface area contributed by atoms with Crippen molar-refractivity contribution in [3.63, 3.8) is 0 Å². The predicted molar refractivity (Wildman–Crippen MR) is 165 cm³/mol. The standard InChI is InChI=1S/C35H33F5N4O4.Na/c1-21(2)24-5-8-31(47-4)30(15-24)29-7-6-26(34(3,36)37)14-25(29)20-44(33-42-17-28(18-43-33)48-10-9-32(45)46)19-23-11-22(16-41)12-27(13-23)35(38,39)40;/h5-8,11-15,17-18,21H,9-10,19-20H2,1-4H3,(H,45,46);/q;+1/p-1. The van der Waals surface area contributed by atoms with Crippen molar-refractivity contribution >= 4 is 11.9 Å². The molecule has 0 saturated carbocycles. The number of carboxylic acids is 1.